The first-order valence-electron chi connectivity index (χ1n) is 9.28. The van der Waals surface area contributed by atoms with Crippen molar-refractivity contribution < 1.29 is 9.53 Å². The lowest BCUT2D eigenvalue weighted by Gasteiger charge is -2.34. The van der Waals surface area contributed by atoms with Gasteiger partial charge in [-0.05, 0) is 38.1 Å². The fourth-order valence-electron chi connectivity index (χ4n) is 3.92. The summed E-state index contributed by atoms with van der Waals surface area (Å²) in [4.78, 5) is 31.7. The molecule has 4 rings (SSSR count). The van der Waals surface area contributed by atoms with Crippen molar-refractivity contribution in [3.05, 3.63) is 40.9 Å². The summed E-state index contributed by atoms with van der Waals surface area (Å²) in [5.74, 6) is -0.179. The van der Waals surface area contributed by atoms with Gasteiger partial charge in [0.25, 0.3) is 5.56 Å². The van der Waals surface area contributed by atoms with Crippen LogP contribution in [0, 0.1) is 0 Å². The maximum Gasteiger partial charge on any atom is 0.261 e. The van der Waals surface area contributed by atoms with E-state index in [2.05, 4.69) is 15.2 Å². The summed E-state index contributed by atoms with van der Waals surface area (Å²) in [6.45, 7) is 3.28. The molecule has 138 valence electrons. The number of carbonyl (C=O) groups excluding carboxylic acids is 1. The van der Waals surface area contributed by atoms with E-state index in [4.69, 9.17) is 4.74 Å². The quantitative estimate of drug-likeness (QED) is 0.876. The third-order valence-corrected chi connectivity index (χ3v) is 5.30. The number of nitrogens with one attached hydrogen (secondary N) is 1. The molecule has 2 atom stereocenters. The molecule has 3 heterocycles. The highest BCUT2D eigenvalue weighted by atomic mass is 16.5. The molecular weight excluding hydrogens is 332 g/mol. The number of fused-ring (bicyclic) bond motifs is 1. The van der Waals surface area contributed by atoms with Crippen molar-refractivity contribution in [2.75, 3.05) is 26.3 Å². The van der Waals surface area contributed by atoms with Gasteiger partial charge in [-0.25, -0.2) is 4.98 Å². The van der Waals surface area contributed by atoms with Crippen LogP contribution < -0.4 is 10.9 Å². The van der Waals surface area contributed by atoms with Crippen molar-refractivity contribution in [2.24, 2.45) is 0 Å². The van der Waals surface area contributed by atoms with Gasteiger partial charge in [0.1, 0.15) is 6.54 Å². The molecule has 2 aliphatic heterocycles. The minimum Gasteiger partial charge on any atom is -0.378 e. The molecule has 7 heteroatoms. The number of amides is 1. The first-order chi connectivity index (χ1) is 12.7. The van der Waals surface area contributed by atoms with Crippen LogP contribution in [0.15, 0.2) is 35.4 Å². The Hall–Kier alpha value is -2.25. The molecule has 2 aliphatic rings. The van der Waals surface area contributed by atoms with Crippen LogP contribution in [0.4, 0.5) is 0 Å². The van der Waals surface area contributed by atoms with Crippen molar-refractivity contribution in [3.8, 4) is 0 Å². The SMILES string of the molecule is O=C(Cn1cnc2ccccc2c1=O)N[C@H]1COC[C@@H]1N1CCCCC1. The average molecular weight is 356 g/mol. The van der Waals surface area contributed by atoms with Crippen LogP contribution >= 0.6 is 0 Å². The molecule has 0 bridgehead atoms. The maximum atomic E-state index is 12.5. The van der Waals surface area contributed by atoms with E-state index in [1.165, 1.54) is 30.2 Å². The van der Waals surface area contributed by atoms with Crippen LogP contribution in [0.25, 0.3) is 10.9 Å². The smallest absolute Gasteiger partial charge is 0.261 e. The zero-order chi connectivity index (χ0) is 17.9. The summed E-state index contributed by atoms with van der Waals surface area (Å²) in [6, 6.07) is 7.37. The van der Waals surface area contributed by atoms with E-state index in [0.29, 0.717) is 24.1 Å². The molecule has 1 aromatic heterocycles. The Balaban J connectivity index is 1.43. The number of carbonyl (C=O) groups is 1. The van der Waals surface area contributed by atoms with E-state index >= 15 is 0 Å². The fourth-order valence-corrected chi connectivity index (χ4v) is 3.92. The summed E-state index contributed by atoms with van der Waals surface area (Å²) >= 11 is 0. The molecule has 0 radical (unpaired) electrons. The Bertz CT molecular complexity index is 844. The van der Waals surface area contributed by atoms with E-state index in [9.17, 15) is 9.59 Å². The largest absolute Gasteiger partial charge is 0.378 e. The number of para-hydroxylation sites is 1. The van der Waals surface area contributed by atoms with Crippen molar-refractivity contribution in [2.45, 2.75) is 37.9 Å². The van der Waals surface area contributed by atoms with Crippen LogP contribution in [0.2, 0.25) is 0 Å². The zero-order valence-corrected chi connectivity index (χ0v) is 14.8. The van der Waals surface area contributed by atoms with Gasteiger partial charge in [0.2, 0.25) is 5.91 Å². The van der Waals surface area contributed by atoms with Crippen molar-refractivity contribution in [1.29, 1.82) is 0 Å². The first-order valence-corrected chi connectivity index (χ1v) is 9.28. The lowest BCUT2D eigenvalue weighted by atomic mass is 10.0. The lowest BCUT2D eigenvalue weighted by Crippen LogP contribution is -2.53. The standard InChI is InChI=1S/C19H24N4O3/c24-18(10-23-13-20-15-7-3-2-6-14(15)19(23)25)21-16-11-26-12-17(16)22-8-4-1-5-9-22/h2-3,6-7,13,16-17H,1,4-5,8-12H2,(H,21,24)/t16-,17-/m0/s1. The monoisotopic (exact) mass is 356 g/mol. The van der Waals surface area contributed by atoms with E-state index in [1.54, 1.807) is 18.2 Å². The molecule has 2 fully saturated rings. The lowest BCUT2D eigenvalue weighted by molar-refractivity contribution is -0.122. The van der Waals surface area contributed by atoms with E-state index in [1.807, 2.05) is 6.07 Å². The van der Waals surface area contributed by atoms with Gasteiger partial charge >= 0.3 is 0 Å². The molecule has 0 aliphatic carbocycles. The fraction of sp³-hybridized carbons (Fsp3) is 0.526. The number of nitrogens with zero attached hydrogens (tertiary/aromatic N) is 3. The topological polar surface area (TPSA) is 76.5 Å². The molecule has 1 aromatic carbocycles. The summed E-state index contributed by atoms with van der Waals surface area (Å²) in [6.07, 6.45) is 5.13. The molecule has 2 saturated heterocycles. The number of aromatic nitrogens is 2. The number of hydrogen-bond acceptors (Lipinski definition) is 5. The van der Waals surface area contributed by atoms with Gasteiger partial charge in [-0.15, -0.1) is 0 Å². The zero-order valence-electron chi connectivity index (χ0n) is 14.8. The number of piperidine rings is 1. The minimum atomic E-state index is -0.194. The van der Waals surface area contributed by atoms with Crippen LogP contribution in [0.1, 0.15) is 19.3 Å². The van der Waals surface area contributed by atoms with Crippen LogP contribution in [0.5, 0.6) is 0 Å². The van der Waals surface area contributed by atoms with Crippen LogP contribution in [0.3, 0.4) is 0 Å². The van der Waals surface area contributed by atoms with Gasteiger partial charge in [0.05, 0.1) is 42.5 Å². The van der Waals surface area contributed by atoms with Crippen molar-refractivity contribution >= 4 is 16.8 Å². The van der Waals surface area contributed by atoms with Gasteiger partial charge in [-0.3, -0.25) is 19.1 Å². The second-order valence-corrected chi connectivity index (χ2v) is 7.07. The van der Waals surface area contributed by atoms with Crippen LogP contribution in [-0.2, 0) is 16.1 Å². The first kappa shape index (κ1) is 17.2. The molecule has 0 spiro atoms. The summed E-state index contributed by atoms with van der Waals surface area (Å²) < 4.78 is 6.98. The highest BCUT2D eigenvalue weighted by Gasteiger charge is 2.34. The Morgan fingerprint density at radius 2 is 2.00 bits per heavy atom. The van der Waals surface area contributed by atoms with Gasteiger partial charge in [0, 0.05) is 0 Å². The number of hydrogen-bond donors (Lipinski definition) is 1. The van der Waals surface area contributed by atoms with Crippen molar-refractivity contribution in [3.63, 3.8) is 0 Å². The molecule has 1 amide bonds. The van der Waals surface area contributed by atoms with Crippen LogP contribution in [-0.4, -0.2) is 58.7 Å². The second kappa shape index (κ2) is 7.55. The molecule has 1 N–H and O–H groups in total. The third kappa shape index (κ3) is 3.50. The molecule has 2 aromatic rings. The van der Waals surface area contributed by atoms with Gasteiger partial charge in [-0.1, -0.05) is 18.6 Å². The predicted molar refractivity (Wildman–Crippen MR) is 98.0 cm³/mol. The number of likely N-dealkylation sites (tertiary alicyclic amines) is 1. The Morgan fingerprint density at radius 1 is 1.19 bits per heavy atom. The Labute approximate surface area is 152 Å². The predicted octanol–water partition coefficient (Wildman–Crippen LogP) is 0.766. The molecular formula is C19H24N4O3. The van der Waals surface area contributed by atoms with E-state index in [0.717, 1.165) is 13.1 Å². The molecule has 0 unspecified atom stereocenters. The number of benzene rings is 1. The van der Waals surface area contributed by atoms with Crippen molar-refractivity contribution in [1.82, 2.24) is 19.8 Å². The van der Waals surface area contributed by atoms with E-state index < -0.39 is 0 Å². The Kier molecular flexibility index (Phi) is 4.99. The highest BCUT2D eigenvalue weighted by molar-refractivity contribution is 5.79. The number of rotatable bonds is 4. The minimum absolute atomic E-state index is 0.0234. The normalized spacial score (nSPS) is 24.0. The molecule has 0 saturated carbocycles. The molecule has 7 nitrogen and oxygen atoms in total. The van der Waals surface area contributed by atoms with E-state index in [-0.39, 0.29) is 30.1 Å². The molecule has 26 heavy (non-hydrogen) atoms. The maximum absolute atomic E-state index is 12.5. The van der Waals surface area contributed by atoms with Gasteiger partial charge in [0.15, 0.2) is 0 Å². The third-order valence-electron chi connectivity index (χ3n) is 5.30. The van der Waals surface area contributed by atoms with Gasteiger partial charge < -0.3 is 10.1 Å². The highest BCUT2D eigenvalue weighted by Crippen LogP contribution is 2.19. The average Bonchev–Trinajstić information content (AvgIpc) is 3.13. The summed E-state index contributed by atoms with van der Waals surface area (Å²) in [5.41, 5.74) is 0.449. The van der Waals surface area contributed by atoms with Gasteiger partial charge in [-0.2, -0.15) is 0 Å². The Morgan fingerprint density at radius 3 is 2.85 bits per heavy atom. The summed E-state index contributed by atoms with van der Waals surface area (Å²) in [7, 11) is 0. The second-order valence-electron chi connectivity index (χ2n) is 7.07. The number of ether oxygens (including phenoxy) is 1. The summed E-state index contributed by atoms with van der Waals surface area (Å²) in [5, 5.41) is 3.58.